The van der Waals surface area contributed by atoms with Gasteiger partial charge in [0.05, 0.1) is 12.2 Å². The quantitative estimate of drug-likeness (QED) is 0.688. The molecule has 1 rings (SSSR count). The zero-order valence-corrected chi connectivity index (χ0v) is 9.21. The van der Waals surface area contributed by atoms with Crippen LogP contribution in [0.3, 0.4) is 0 Å². The lowest BCUT2D eigenvalue weighted by atomic mass is 10.0. The van der Waals surface area contributed by atoms with Gasteiger partial charge in [0.2, 0.25) is 0 Å². The normalized spacial score (nSPS) is 36.9. The molecule has 0 spiro atoms. The average molecular weight is 218 g/mol. The molecule has 0 bridgehead atoms. The van der Waals surface area contributed by atoms with Crippen molar-refractivity contribution in [3.05, 3.63) is 0 Å². The highest BCUT2D eigenvalue weighted by Gasteiger charge is 2.39. The van der Waals surface area contributed by atoms with E-state index in [0.29, 0.717) is 0 Å². The van der Waals surface area contributed by atoms with E-state index in [0.717, 1.165) is 0 Å². The lowest BCUT2D eigenvalue weighted by Gasteiger charge is -2.36. The maximum atomic E-state index is 11.1. The number of ketones is 1. The molecule has 1 aliphatic rings. The molecule has 5 heteroatoms. The number of carbonyl (C=O) groups excluding carboxylic acids is 1. The molecule has 1 fully saturated rings. The second-order valence-electron chi connectivity index (χ2n) is 4.08. The van der Waals surface area contributed by atoms with Crippen LogP contribution in [0.2, 0.25) is 0 Å². The Hall–Kier alpha value is -0.490. The molecule has 0 aromatic carbocycles. The number of hydrogen-bond donors (Lipinski definition) is 2. The van der Waals surface area contributed by atoms with E-state index in [1.54, 1.807) is 13.8 Å². The van der Waals surface area contributed by atoms with Crippen molar-refractivity contribution < 1.29 is 24.5 Å². The van der Waals surface area contributed by atoms with E-state index in [1.807, 2.05) is 0 Å². The van der Waals surface area contributed by atoms with Gasteiger partial charge in [0, 0.05) is 6.42 Å². The van der Waals surface area contributed by atoms with Crippen LogP contribution in [0, 0.1) is 0 Å². The van der Waals surface area contributed by atoms with Crippen molar-refractivity contribution in [1.82, 2.24) is 0 Å². The van der Waals surface area contributed by atoms with Crippen LogP contribution >= 0.6 is 0 Å². The van der Waals surface area contributed by atoms with Crippen molar-refractivity contribution in [1.29, 1.82) is 0 Å². The van der Waals surface area contributed by atoms with E-state index in [1.165, 1.54) is 6.92 Å². The Kier molecular flexibility index (Phi) is 4.21. The molecule has 88 valence electrons. The van der Waals surface area contributed by atoms with E-state index >= 15 is 0 Å². The third-order valence-corrected chi connectivity index (χ3v) is 2.29. The molecule has 2 N–H and O–H groups in total. The summed E-state index contributed by atoms with van der Waals surface area (Å²) in [5.74, 6) is -0.168. The van der Waals surface area contributed by atoms with Gasteiger partial charge in [-0.25, -0.2) is 0 Å². The first-order valence-electron chi connectivity index (χ1n) is 5.09. The minimum Gasteiger partial charge on any atom is -0.390 e. The predicted octanol–water partition coefficient (Wildman–Crippen LogP) is -0.163. The largest absolute Gasteiger partial charge is 0.390 e. The first-order chi connectivity index (χ1) is 6.91. The summed E-state index contributed by atoms with van der Waals surface area (Å²) in [4.78, 5) is 11.1. The molecule has 0 aromatic heterocycles. The Labute approximate surface area is 89.0 Å². The third kappa shape index (κ3) is 3.24. The number of hydrogen-bond acceptors (Lipinski definition) is 5. The van der Waals surface area contributed by atoms with Crippen molar-refractivity contribution in [2.24, 2.45) is 0 Å². The summed E-state index contributed by atoms with van der Waals surface area (Å²) in [6.07, 6.45) is -3.70. The Morgan fingerprint density at radius 2 is 2.07 bits per heavy atom. The minimum absolute atomic E-state index is 0.119. The summed E-state index contributed by atoms with van der Waals surface area (Å²) < 4.78 is 10.5. The molecule has 15 heavy (non-hydrogen) atoms. The van der Waals surface area contributed by atoms with Gasteiger partial charge in [0.15, 0.2) is 12.1 Å². The molecule has 0 radical (unpaired) electrons. The topological polar surface area (TPSA) is 76.0 Å². The fourth-order valence-corrected chi connectivity index (χ4v) is 1.48. The Morgan fingerprint density at radius 3 is 2.53 bits per heavy atom. The zero-order valence-electron chi connectivity index (χ0n) is 9.21. The van der Waals surface area contributed by atoms with Crippen LogP contribution in [-0.2, 0) is 14.3 Å². The van der Waals surface area contributed by atoms with Crippen LogP contribution < -0.4 is 0 Å². The predicted molar refractivity (Wildman–Crippen MR) is 52.2 cm³/mol. The first kappa shape index (κ1) is 12.6. The van der Waals surface area contributed by atoms with Crippen molar-refractivity contribution in [2.45, 2.75) is 57.9 Å². The zero-order chi connectivity index (χ0) is 11.6. The summed E-state index contributed by atoms with van der Waals surface area (Å²) in [7, 11) is 0. The summed E-state index contributed by atoms with van der Waals surface area (Å²) in [5, 5.41) is 19.1. The molecule has 4 atom stereocenters. The third-order valence-electron chi connectivity index (χ3n) is 2.29. The van der Waals surface area contributed by atoms with Crippen LogP contribution in [0.4, 0.5) is 0 Å². The van der Waals surface area contributed by atoms with Gasteiger partial charge in [-0.2, -0.15) is 0 Å². The van der Waals surface area contributed by atoms with Gasteiger partial charge >= 0.3 is 0 Å². The highest BCUT2D eigenvalue weighted by Crippen LogP contribution is 2.22. The summed E-state index contributed by atoms with van der Waals surface area (Å²) >= 11 is 0. The molecule has 1 saturated heterocycles. The van der Waals surface area contributed by atoms with E-state index in [9.17, 15) is 15.0 Å². The first-order valence-corrected chi connectivity index (χ1v) is 5.09. The fourth-order valence-electron chi connectivity index (χ4n) is 1.48. The van der Waals surface area contributed by atoms with Crippen LogP contribution in [0.1, 0.15) is 27.2 Å². The lowest BCUT2D eigenvalue weighted by Crippen LogP contribution is -2.51. The molecule has 0 amide bonds. The molecule has 0 saturated carbocycles. The monoisotopic (exact) mass is 218 g/mol. The van der Waals surface area contributed by atoms with Gasteiger partial charge < -0.3 is 19.7 Å². The maximum Gasteiger partial charge on any atom is 0.187 e. The SMILES string of the molecule is CC(=O)[C@@H]1C[C@@H](O)[C@@H](O)[C@H](OC(C)C)O1. The van der Waals surface area contributed by atoms with Gasteiger partial charge in [-0.15, -0.1) is 0 Å². The fraction of sp³-hybridized carbons (Fsp3) is 0.900. The van der Waals surface area contributed by atoms with Gasteiger partial charge in [-0.1, -0.05) is 0 Å². The van der Waals surface area contributed by atoms with E-state index in [-0.39, 0.29) is 18.3 Å². The lowest BCUT2D eigenvalue weighted by molar-refractivity contribution is -0.271. The van der Waals surface area contributed by atoms with Gasteiger partial charge in [-0.3, -0.25) is 4.79 Å². The van der Waals surface area contributed by atoms with Crippen LogP contribution in [-0.4, -0.2) is 46.7 Å². The van der Waals surface area contributed by atoms with E-state index in [4.69, 9.17) is 9.47 Å². The molecular formula is C10H18O5. The number of Topliss-reactive ketones (excluding diaryl/α,β-unsaturated/α-hetero) is 1. The van der Waals surface area contributed by atoms with Crippen molar-refractivity contribution in [3.63, 3.8) is 0 Å². The van der Waals surface area contributed by atoms with E-state index < -0.39 is 24.6 Å². The smallest absolute Gasteiger partial charge is 0.187 e. The van der Waals surface area contributed by atoms with Crippen LogP contribution in [0.15, 0.2) is 0 Å². The Balaban J connectivity index is 2.64. The average Bonchev–Trinajstić information content (AvgIpc) is 2.11. The van der Waals surface area contributed by atoms with Gasteiger partial charge in [0.1, 0.15) is 12.2 Å². The number of rotatable bonds is 3. The van der Waals surface area contributed by atoms with E-state index in [2.05, 4.69) is 0 Å². The summed E-state index contributed by atoms with van der Waals surface area (Å²) in [6, 6.07) is 0. The maximum absolute atomic E-state index is 11.1. The number of aliphatic hydroxyl groups excluding tert-OH is 2. The summed E-state index contributed by atoms with van der Waals surface area (Å²) in [5.41, 5.74) is 0. The Bertz CT molecular complexity index is 228. The second-order valence-corrected chi connectivity index (χ2v) is 4.08. The highest BCUT2D eigenvalue weighted by atomic mass is 16.7. The van der Waals surface area contributed by atoms with Crippen molar-refractivity contribution in [2.75, 3.05) is 0 Å². The molecule has 0 aliphatic carbocycles. The molecular weight excluding hydrogens is 200 g/mol. The Morgan fingerprint density at radius 1 is 1.47 bits per heavy atom. The molecule has 0 aromatic rings. The highest BCUT2D eigenvalue weighted by molar-refractivity contribution is 5.80. The summed E-state index contributed by atoms with van der Waals surface area (Å²) in [6.45, 7) is 4.97. The van der Waals surface area contributed by atoms with Crippen molar-refractivity contribution >= 4 is 5.78 Å². The minimum atomic E-state index is -1.09. The molecule has 1 heterocycles. The van der Waals surface area contributed by atoms with Gasteiger partial charge in [0.25, 0.3) is 0 Å². The number of ether oxygens (including phenoxy) is 2. The van der Waals surface area contributed by atoms with Crippen LogP contribution in [0.5, 0.6) is 0 Å². The number of carbonyl (C=O) groups is 1. The molecule has 5 nitrogen and oxygen atoms in total. The van der Waals surface area contributed by atoms with Crippen molar-refractivity contribution in [3.8, 4) is 0 Å². The molecule has 0 unspecified atom stereocenters. The van der Waals surface area contributed by atoms with Gasteiger partial charge in [-0.05, 0) is 20.8 Å². The second kappa shape index (κ2) is 5.03. The number of aliphatic hydroxyl groups is 2. The standard InChI is InChI=1S/C10H18O5/c1-5(2)14-10-9(13)7(12)4-8(15-10)6(3)11/h5,7-10,12-13H,4H2,1-3H3/t7-,8+,9-,10-/m1/s1. The van der Waals surface area contributed by atoms with Crippen LogP contribution in [0.25, 0.3) is 0 Å². The molecule has 1 aliphatic heterocycles.